The molecular weight excluding hydrogens is 248 g/mol. The van der Waals surface area contributed by atoms with E-state index in [-0.39, 0.29) is 17.2 Å². The van der Waals surface area contributed by atoms with Gasteiger partial charge in [-0.2, -0.15) is 0 Å². The van der Waals surface area contributed by atoms with Crippen molar-refractivity contribution in [2.75, 3.05) is 5.32 Å². The first kappa shape index (κ1) is 14.9. The lowest BCUT2D eigenvalue weighted by Crippen LogP contribution is -2.58. The van der Waals surface area contributed by atoms with Crippen LogP contribution in [0.15, 0.2) is 24.3 Å². The number of rotatable bonds is 3. The van der Waals surface area contributed by atoms with Gasteiger partial charge in [0.25, 0.3) is 0 Å². The fraction of sp³-hybridized carbons (Fsp3) is 0.588. The van der Waals surface area contributed by atoms with Gasteiger partial charge < -0.3 is 11.1 Å². The second-order valence-electron chi connectivity index (χ2n) is 7.10. The van der Waals surface area contributed by atoms with Crippen molar-refractivity contribution in [3.05, 3.63) is 29.8 Å². The van der Waals surface area contributed by atoms with E-state index in [1.807, 2.05) is 12.1 Å². The predicted molar refractivity (Wildman–Crippen MR) is 83.5 cm³/mol. The molecule has 0 saturated heterocycles. The quantitative estimate of drug-likeness (QED) is 0.886. The maximum absolute atomic E-state index is 12.1. The lowest BCUT2D eigenvalue weighted by Gasteiger charge is -2.47. The summed E-state index contributed by atoms with van der Waals surface area (Å²) in [6.45, 7) is 8.72. The minimum atomic E-state index is -0.620. The Balaban J connectivity index is 2.27. The second-order valence-corrected chi connectivity index (χ2v) is 7.10. The third kappa shape index (κ3) is 2.82. The van der Waals surface area contributed by atoms with Crippen molar-refractivity contribution in [1.29, 1.82) is 0 Å². The van der Waals surface area contributed by atoms with E-state index in [4.69, 9.17) is 5.73 Å². The van der Waals surface area contributed by atoms with Crippen LogP contribution in [0, 0.1) is 18.3 Å². The minimum Gasteiger partial charge on any atom is -0.371 e. The van der Waals surface area contributed by atoms with Crippen LogP contribution < -0.4 is 11.1 Å². The zero-order valence-electron chi connectivity index (χ0n) is 13.0. The first-order valence-electron chi connectivity index (χ1n) is 7.40. The molecule has 1 saturated carbocycles. The lowest BCUT2D eigenvalue weighted by molar-refractivity contribution is -0.126. The topological polar surface area (TPSA) is 55.1 Å². The van der Waals surface area contributed by atoms with Crippen LogP contribution in [-0.4, -0.2) is 11.4 Å². The van der Waals surface area contributed by atoms with Crippen LogP contribution in [0.25, 0.3) is 0 Å². The number of nitrogens with one attached hydrogen (secondary N) is 1. The number of carbonyl (C=O) groups is 1. The molecule has 0 radical (unpaired) electrons. The number of anilines is 1. The van der Waals surface area contributed by atoms with E-state index in [0.29, 0.717) is 0 Å². The summed E-state index contributed by atoms with van der Waals surface area (Å²) in [6.07, 6.45) is 2.82. The molecule has 2 rings (SSSR count). The Bertz CT molecular complexity index is 492. The number of nitrogens with two attached hydrogens (primary N) is 1. The summed E-state index contributed by atoms with van der Waals surface area (Å²) >= 11 is 0. The summed E-state index contributed by atoms with van der Waals surface area (Å²) in [7, 11) is 0. The summed E-state index contributed by atoms with van der Waals surface area (Å²) < 4.78 is 0. The van der Waals surface area contributed by atoms with Crippen LogP contribution in [0.4, 0.5) is 5.69 Å². The highest BCUT2D eigenvalue weighted by atomic mass is 16.1. The Morgan fingerprint density at radius 2 is 1.85 bits per heavy atom. The monoisotopic (exact) mass is 274 g/mol. The van der Waals surface area contributed by atoms with Gasteiger partial charge in [-0.1, -0.05) is 38.5 Å². The van der Waals surface area contributed by atoms with Gasteiger partial charge in [0.2, 0.25) is 5.91 Å². The fourth-order valence-electron chi connectivity index (χ4n) is 3.39. The van der Waals surface area contributed by atoms with Gasteiger partial charge in [0.15, 0.2) is 0 Å². The highest BCUT2D eigenvalue weighted by molar-refractivity contribution is 5.88. The number of hydrogen-bond donors (Lipinski definition) is 2. The molecule has 0 heterocycles. The number of hydrogen-bond acceptors (Lipinski definition) is 2. The van der Waals surface area contributed by atoms with Crippen molar-refractivity contribution in [3.8, 4) is 0 Å². The number of amides is 1. The van der Waals surface area contributed by atoms with E-state index in [1.165, 1.54) is 5.56 Å². The Kier molecular flexibility index (Phi) is 3.81. The van der Waals surface area contributed by atoms with E-state index in [2.05, 4.69) is 45.1 Å². The van der Waals surface area contributed by atoms with Gasteiger partial charge in [-0.25, -0.2) is 0 Å². The number of aryl methyl sites for hydroxylation is 1. The molecule has 20 heavy (non-hydrogen) atoms. The van der Waals surface area contributed by atoms with Gasteiger partial charge in [0, 0.05) is 5.69 Å². The van der Waals surface area contributed by atoms with Crippen LogP contribution >= 0.6 is 0 Å². The van der Waals surface area contributed by atoms with Gasteiger partial charge in [0.05, 0.1) is 0 Å². The van der Waals surface area contributed by atoms with Crippen LogP contribution in [0.5, 0.6) is 0 Å². The van der Waals surface area contributed by atoms with Crippen molar-refractivity contribution in [2.45, 2.75) is 52.5 Å². The third-order valence-electron chi connectivity index (χ3n) is 4.75. The van der Waals surface area contributed by atoms with E-state index >= 15 is 0 Å². The molecule has 3 N–H and O–H groups in total. The van der Waals surface area contributed by atoms with Crippen LogP contribution in [0.2, 0.25) is 0 Å². The van der Waals surface area contributed by atoms with Gasteiger partial charge in [-0.05, 0) is 49.7 Å². The Labute approximate surface area is 121 Å². The number of benzene rings is 1. The molecule has 3 heteroatoms. The van der Waals surface area contributed by atoms with Crippen LogP contribution in [0.3, 0.4) is 0 Å². The fourth-order valence-corrected chi connectivity index (χ4v) is 3.39. The SMILES string of the molecule is Cc1ccc(NC2(C(N)=O)CCC(C)(C)CC2C)cc1. The average Bonchev–Trinajstić information content (AvgIpc) is 2.34. The summed E-state index contributed by atoms with van der Waals surface area (Å²) in [4.78, 5) is 12.1. The third-order valence-corrected chi connectivity index (χ3v) is 4.75. The highest BCUT2D eigenvalue weighted by Crippen LogP contribution is 2.45. The van der Waals surface area contributed by atoms with Gasteiger partial charge in [0.1, 0.15) is 5.54 Å². The molecule has 2 unspecified atom stereocenters. The second kappa shape index (κ2) is 5.12. The molecule has 0 spiro atoms. The number of carbonyl (C=O) groups excluding carboxylic acids is 1. The smallest absolute Gasteiger partial charge is 0.243 e. The summed E-state index contributed by atoms with van der Waals surface area (Å²) in [6, 6.07) is 8.14. The van der Waals surface area contributed by atoms with Crippen LogP contribution in [0.1, 0.15) is 45.6 Å². The van der Waals surface area contributed by atoms with Crippen LogP contribution in [-0.2, 0) is 4.79 Å². The number of primary amides is 1. The summed E-state index contributed by atoms with van der Waals surface area (Å²) in [5.74, 6) is -0.00821. The van der Waals surface area contributed by atoms with Crippen molar-refractivity contribution in [1.82, 2.24) is 0 Å². The average molecular weight is 274 g/mol. The standard InChI is InChI=1S/C17H26N2O/c1-12-5-7-14(8-6-12)19-17(15(18)20)10-9-16(3,4)11-13(17)2/h5-8,13,19H,9-11H2,1-4H3,(H2,18,20). The molecule has 0 aliphatic heterocycles. The molecule has 1 aromatic carbocycles. The largest absolute Gasteiger partial charge is 0.371 e. The maximum atomic E-state index is 12.1. The van der Waals surface area contributed by atoms with E-state index in [9.17, 15) is 4.79 Å². The van der Waals surface area contributed by atoms with Crippen molar-refractivity contribution in [2.24, 2.45) is 17.1 Å². The molecule has 110 valence electrons. The Morgan fingerprint density at radius 3 is 2.35 bits per heavy atom. The molecule has 1 fully saturated rings. The summed E-state index contributed by atoms with van der Waals surface area (Å²) in [5, 5.41) is 3.43. The summed E-state index contributed by atoms with van der Waals surface area (Å²) in [5.41, 5.74) is 7.61. The molecule has 1 aliphatic carbocycles. The maximum Gasteiger partial charge on any atom is 0.243 e. The molecular formula is C17H26N2O. The highest BCUT2D eigenvalue weighted by Gasteiger charge is 2.48. The van der Waals surface area contributed by atoms with E-state index < -0.39 is 5.54 Å². The van der Waals surface area contributed by atoms with Crippen molar-refractivity contribution < 1.29 is 4.79 Å². The molecule has 3 nitrogen and oxygen atoms in total. The Morgan fingerprint density at radius 1 is 1.25 bits per heavy atom. The molecule has 1 amide bonds. The molecule has 0 aromatic heterocycles. The van der Waals surface area contributed by atoms with Gasteiger partial charge >= 0.3 is 0 Å². The predicted octanol–water partition coefficient (Wildman–Crippen LogP) is 3.48. The van der Waals surface area contributed by atoms with Crippen molar-refractivity contribution >= 4 is 11.6 Å². The zero-order chi connectivity index (χ0) is 15.0. The van der Waals surface area contributed by atoms with Gasteiger partial charge in [-0.3, -0.25) is 4.79 Å². The van der Waals surface area contributed by atoms with E-state index in [0.717, 1.165) is 24.9 Å². The van der Waals surface area contributed by atoms with E-state index in [1.54, 1.807) is 0 Å². The van der Waals surface area contributed by atoms with Crippen molar-refractivity contribution in [3.63, 3.8) is 0 Å². The Hall–Kier alpha value is -1.51. The first-order chi connectivity index (χ1) is 9.25. The lowest BCUT2D eigenvalue weighted by atomic mass is 9.63. The minimum absolute atomic E-state index is 0.227. The zero-order valence-corrected chi connectivity index (χ0v) is 13.0. The molecule has 0 bridgehead atoms. The molecule has 2 atom stereocenters. The first-order valence-corrected chi connectivity index (χ1v) is 7.40. The van der Waals surface area contributed by atoms with Gasteiger partial charge in [-0.15, -0.1) is 0 Å². The molecule has 1 aromatic rings. The molecule has 1 aliphatic rings. The normalized spacial score (nSPS) is 28.9.